The molecule has 0 atom stereocenters. The molecule has 2 aromatic rings. The largest absolute Gasteiger partial charge is 0.496 e. The van der Waals surface area contributed by atoms with Crippen molar-refractivity contribution < 1.29 is 9.53 Å². The minimum Gasteiger partial charge on any atom is -0.496 e. The maximum Gasteiger partial charge on any atom is 0.148 e. The van der Waals surface area contributed by atoms with Gasteiger partial charge in [0.1, 0.15) is 17.9 Å². The summed E-state index contributed by atoms with van der Waals surface area (Å²) in [7, 11) is 3.39. The Morgan fingerprint density at radius 1 is 1.29 bits per heavy atom. The van der Waals surface area contributed by atoms with E-state index in [1.54, 1.807) is 25.4 Å². The number of methoxy groups -OCH3 is 1. The van der Waals surface area contributed by atoms with Crippen LogP contribution >= 0.6 is 0 Å². The number of pyridine rings is 1. The van der Waals surface area contributed by atoms with Gasteiger partial charge in [-0.25, -0.2) is 4.98 Å². The van der Waals surface area contributed by atoms with Crippen LogP contribution in [0.5, 0.6) is 5.75 Å². The molecule has 1 heterocycles. The van der Waals surface area contributed by atoms with Crippen molar-refractivity contribution in [1.29, 1.82) is 0 Å². The second-order valence-corrected chi connectivity index (χ2v) is 4.33. The maximum atomic E-state index is 11.0. The van der Waals surface area contributed by atoms with E-state index in [9.17, 15) is 4.79 Å². The number of para-hydroxylation sites is 1. The van der Waals surface area contributed by atoms with Crippen molar-refractivity contribution in [2.24, 2.45) is 5.10 Å². The average Bonchev–Trinajstić information content (AvgIpc) is 2.55. The number of ether oxygens (including phenoxy) is 1. The second-order valence-electron chi connectivity index (χ2n) is 4.33. The van der Waals surface area contributed by atoms with E-state index in [4.69, 9.17) is 4.74 Å². The zero-order valence-corrected chi connectivity index (χ0v) is 12.1. The number of aromatic nitrogens is 1. The van der Waals surface area contributed by atoms with Crippen LogP contribution in [-0.2, 0) is 4.79 Å². The number of carbonyl (C=O) groups excluding carboxylic acids is 1. The fourth-order valence-electron chi connectivity index (χ4n) is 1.94. The summed E-state index contributed by atoms with van der Waals surface area (Å²) in [6, 6.07) is 13.1. The normalized spacial score (nSPS) is 11.0. The van der Waals surface area contributed by atoms with E-state index in [0.717, 1.165) is 11.8 Å². The lowest BCUT2D eigenvalue weighted by Crippen LogP contribution is -2.16. The highest BCUT2D eigenvalue weighted by atomic mass is 16.5. The summed E-state index contributed by atoms with van der Waals surface area (Å²) in [4.78, 5) is 15.2. The Balaban J connectivity index is 2.38. The van der Waals surface area contributed by atoms with Crippen molar-refractivity contribution in [2.75, 3.05) is 19.2 Å². The summed E-state index contributed by atoms with van der Waals surface area (Å²) in [5.74, 6) is 1.39. The van der Waals surface area contributed by atoms with Crippen molar-refractivity contribution >= 4 is 17.8 Å². The molecule has 108 valence electrons. The van der Waals surface area contributed by atoms with Gasteiger partial charge in [-0.3, -0.25) is 5.01 Å². The molecular weight excluding hydrogens is 266 g/mol. The number of hydrazone groups is 1. The molecule has 0 saturated heterocycles. The van der Waals surface area contributed by atoms with E-state index < -0.39 is 0 Å². The van der Waals surface area contributed by atoms with Gasteiger partial charge in [0.05, 0.1) is 12.8 Å². The molecule has 1 aromatic carbocycles. The van der Waals surface area contributed by atoms with Crippen molar-refractivity contribution in [3.05, 3.63) is 54.2 Å². The lowest BCUT2D eigenvalue weighted by molar-refractivity contribution is -0.106. The van der Waals surface area contributed by atoms with Crippen LogP contribution < -0.4 is 9.75 Å². The van der Waals surface area contributed by atoms with Crippen LogP contribution in [0, 0.1) is 0 Å². The van der Waals surface area contributed by atoms with E-state index in [1.807, 2.05) is 42.5 Å². The Bertz CT molecular complexity index is 626. The Morgan fingerprint density at radius 3 is 2.71 bits per heavy atom. The molecule has 0 aliphatic heterocycles. The fourth-order valence-corrected chi connectivity index (χ4v) is 1.94. The van der Waals surface area contributed by atoms with E-state index in [0.29, 0.717) is 17.3 Å². The van der Waals surface area contributed by atoms with Crippen LogP contribution in [-0.4, -0.2) is 31.1 Å². The average molecular weight is 283 g/mol. The number of anilines is 1. The lowest BCUT2D eigenvalue weighted by atomic mass is 10.1. The summed E-state index contributed by atoms with van der Waals surface area (Å²) in [6.07, 6.45) is 2.74. The SMILES string of the molecule is COc1ccccc1/C(CC=O)=N/N(C)c1ccccn1. The smallest absolute Gasteiger partial charge is 0.148 e. The van der Waals surface area contributed by atoms with Gasteiger partial charge in [-0.1, -0.05) is 18.2 Å². The van der Waals surface area contributed by atoms with Gasteiger partial charge < -0.3 is 9.53 Å². The molecule has 1 aromatic heterocycles. The van der Waals surface area contributed by atoms with Crippen LogP contribution in [0.25, 0.3) is 0 Å². The first-order valence-electron chi connectivity index (χ1n) is 6.55. The molecule has 0 radical (unpaired) electrons. The number of aldehydes is 1. The van der Waals surface area contributed by atoms with Gasteiger partial charge >= 0.3 is 0 Å². The highest BCUT2D eigenvalue weighted by molar-refractivity contribution is 6.08. The summed E-state index contributed by atoms with van der Waals surface area (Å²) >= 11 is 0. The van der Waals surface area contributed by atoms with E-state index in [2.05, 4.69) is 10.1 Å². The summed E-state index contributed by atoms with van der Waals surface area (Å²) in [5, 5.41) is 6.14. The van der Waals surface area contributed by atoms with Gasteiger partial charge in [0.25, 0.3) is 0 Å². The molecule has 0 N–H and O–H groups in total. The Kier molecular flexibility index (Phi) is 5.04. The topological polar surface area (TPSA) is 54.8 Å². The molecule has 0 bridgehead atoms. The summed E-state index contributed by atoms with van der Waals surface area (Å²) in [5.41, 5.74) is 1.44. The minimum atomic E-state index is 0.206. The molecule has 0 fully saturated rings. The predicted molar refractivity (Wildman–Crippen MR) is 82.9 cm³/mol. The monoisotopic (exact) mass is 283 g/mol. The molecular formula is C16H17N3O2. The highest BCUT2D eigenvalue weighted by Gasteiger charge is 2.11. The first kappa shape index (κ1) is 14.7. The predicted octanol–water partition coefficient (Wildman–Crippen LogP) is 2.52. The molecule has 2 rings (SSSR count). The van der Waals surface area contributed by atoms with E-state index in [1.165, 1.54) is 0 Å². The van der Waals surface area contributed by atoms with Crippen LogP contribution in [0.2, 0.25) is 0 Å². The van der Waals surface area contributed by atoms with Crippen LogP contribution in [0.3, 0.4) is 0 Å². The van der Waals surface area contributed by atoms with Gasteiger partial charge in [0.15, 0.2) is 0 Å². The molecule has 5 heteroatoms. The van der Waals surface area contributed by atoms with Gasteiger partial charge in [-0.15, -0.1) is 0 Å². The van der Waals surface area contributed by atoms with Crippen molar-refractivity contribution in [2.45, 2.75) is 6.42 Å². The number of hydrogen-bond donors (Lipinski definition) is 0. The van der Waals surface area contributed by atoms with Crippen LogP contribution in [0.15, 0.2) is 53.8 Å². The molecule has 5 nitrogen and oxygen atoms in total. The number of nitrogens with zero attached hydrogens (tertiary/aromatic N) is 3. The number of rotatable bonds is 6. The van der Waals surface area contributed by atoms with E-state index in [-0.39, 0.29) is 6.42 Å². The fraction of sp³-hybridized carbons (Fsp3) is 0.188. The first-order valence-corrected chi connectivity index (χ1v) is 6.55. The molecule has 0 aliphatic rings. The third kappa shape index (κ3) is 3.66. The molecule has 0 unspecified atom stereocenters. The quantitative estimate of drug-likeness (QED) is 0.464. The molecule has 21 heavy (non-hydrogen) atoms. The Morgan fingerprint density at radius 2 is 2.05 bits per heavy atom. The Labute approximate surface area is 123 Å². The summed E-state index contributed by atoms with van der Waals surface area (Å²) < 4.78 is 5.33. The molecule has 0 amide bonds. The van der Waals surface area contributed by atoms with E-state index >= 15 is 0 Å². The minimum absolute atomic E-state index is 0.206. The standard InChI is InChI=1S/C16H17N3O2/c1-19(16-9-5-6-11-17-16)18-14(10-12-20)13-7-3-4-8-15(13)21-2/h3-9,11-12H,10H2,1-2H3/b18-14+. The van der Waals surface area contributed by atoms with Crippen molar-refractivity contribution in [3.8, 4) is 5.75 Å². The number of carbonyl (C=O) groups is 1. The maximum absolute atomic E-state index is 11.0. The third-order valence-electron chi connectivity index (χ3n) is 2.95. The van der Waals surface area contributed by atoms with Gasteiger partial charge in [0, 0.05) is 25.2 Å². The lowest BCUT2D eigenvalue weighted by Gasteiger charge is -2.15. The molecule has 0 aliphatic carbocycles. The zero-order chi connectivity index (χ0) is 15.1. The van der Waals surface area contributed by atoms with Gasteiger partial charge in [0.2, 0.25) is 0 Å². The van der Waals surface area contributed by atoms with Crippen LogP contribution in [0.4, 0.5) is 5.82 Å². The van der Waals surface area contributed by atoms with Gasteiger partial charge in [-0.05, 0) is 24.3 Å². The Hall–Kier alpha value is -2.69. The third-order valence-corrected chi connectivity index (χ3v) is 2.95. The van der Waals surface area contributed by atoms with Crippen molar-refractivity contribution in [3.63, 3.8) is 0 Å². The van der Waals surface area contributed by atoms with Crippen LogP contribution in [0.1, 0.15) is 12.0 Å². The second kappa shape index (κ2) is 7.19. The van der Waals surface area contributed by atoms with Crippen molar-refractivity contribution in [1.82, 2.24) is 4.98 Å². The molecule has 0 spiro atoms. The molecule has 0 saturated carbocycles. The highest BCUT2D eigenvalue weighted by Crippen LogP contribution is 2.20. The first-order chi connectivity index (χ1) is 10.3. The zero-order valence-electron chi connectivity index (χ0n) is 12.1. The van der Waals surface area contributed by atoms with Gasteiger partial charge in [-0.2, -0.15) is 5.10 Å². The number of hydrogen-bond acceptors (Lipinski definition) is 5. The number of benzene rings is 1. The summed E-state index contributed by atoms with van der Waals surface area (Å²) in [6.45, 7) is 0.